The topological polar surface area (TPSA) is 73.6 Å². The zero-order chi connectivity index (χ0) is 26.4. The van der Waals surface area contributed by atoms with Crippen molar-refractivity contribution in [3.63, 3.8) is 0 Å². The molecule has 2 aromatic rings. The summed E-state index contributed by atoms with van der Waals surface area (Å²) in [6.07, 6.45) is 1.35. The number of carbonyl (C=O) groups is 2. The van der Waals surface area contributed by atoms with Crippen molar-refractivity contribution in [1.82, 2.24) is 4.90 Å². The average Bonchev–Trinajstić information content (AvgIpc) is 3.05. The van der Waals surface area contributed by atoms with Gasteiger partial charge >= 0.3 is 6.09 Å². The number of fused-ring (bicyclic) bond motifs is 1. The first-order chi connectivity index (χ1) is 16.9. The second-order valence-electron chi connectivity index (χ2n) is 11.3. The molecule has 2 aliphatic heterocycles. The number of amides is 2. The van der Waals surface area contributed by atoms with Crippen LogP contribution in [0.4, 0.5) is 16.2 Å². The van der Waals surface area contributed by atoms with Gasteiger partial charge in [-0.1, -0.05) is 43.6 Å². The van der Waals surface area contributed by atoms with E-state index in [1.165, 1.54) is 0 Å². The highest BCUT2D eigenvalue weighted by Crippen LogP contribution is 2.51. The van der Waals surface area contributed by atoms with Gasteiger partial charge in [-0.3, -0.25) is 9.69 Å². The average molecular weight is 508 g/mol. The Hall–Kier alpha value is -3.04. The van der Waals surface area contributed by atoms with Crippen LogP contribution in [-0.2, 0) is 14.9 Å². The van der Waals surface area contributed by atoms with E-state index < -0.39 is 11.0 Å². The lowest BCUT2D eigenvalue weighted by Crippen LogP contribution is -2.41. The molecule has 0 N–H and O–H groups in total. The molecule has 0 saturated carbocycles. The third kappa shape index (κ3) is 4.46. The van der Waals surface area contributed by atoms with E-state index in [4.69, 9.17) is 16.3 Å². The second kappa shape index (κ2) is 9.44. The van der Waals surface area contributed by atoms with E-state index in [0.717, 1.165) is 29.7 Å². The molecule has 2 aromatic carbocycles. The number of rotatable bonds is 3. The van der Waals surface area contributed by atoms with Crippen LogP contribution in [0.1, 0.15) is 77.0 Å². The SMILES string of the molecule is CC(C)C1(C)C(=O)N(c2cccc(Cl)c2C#N)c2cc(C3CCN(C(=O)OC(C)(C)C)CC3)ccc21. The molecule has 36 heavy (non-hydrogen) atoms. The number of nitrogens with zero attached hydrogens (tertiary/aromatic N) is 3. The molecule has 2 aliphatic rings. The summed E-state index contributed by atoms with van der Waals surface area (Å²) in [4.78, 5) is 29.9. The smallest absolute Gasteiger partial charge is 0.410 e. The summed E-state index contributed by atoms with van der Waals surface area (Å²) in [7, 11) is 0. The van der Waals surface area contributed by atoms with Gasteiger partial charge in [0.25, 0.3) is 0 Å². The maximum Gasteiger partial charge on any atom is 0.410 e. The van der Waals surface area contributed by atoms with Crippen LogP contribution in [0.5, 0.6) is 0 Å². The van der Waals surface area contributed by atoms with Crippen LogP contribution in [0, 0.1) is 17.2 Å². The van der Waals surface area contributed by atoms with E-state index >= 15 is 0 Å². The molecule has 6 nitrogen and oxygen atoms in total. The number of hydrogen-bond donors (Lipinski definition) is 0. The summed E-state index contributed by atoms with van der Waals surface area (Å²) < 4.78 is 5.54. The molecule has 7 heteroatoms. The number of nitriles is 1. The molecule has 0 radical (unpaired) electrons. The van der Waals surface area contributed by atoms with Gasteiger partial charge in [0.15, 0.2) is 0 Å². The lowest BCUT2D eigenvalue weighted by atomic mass is 9.74. The standard InChI is InChI=1S/C29H34ClN3O3/c1-18(2)29(6)22-11-10-20(19-12-14-32(15-13-19)27(35)36-28(3,4)5)16-25(22)33(26(29)34)24-9-7-8-23(30)21(24)17-31/h7-11,16,18-19H,12-15H2,1-6H3. The summed E-state index contributed by atoms with van der Waals surface area (Å²) in [5.74, 6) is 0.260. The molecule has 2 heterocycles. The minimum absolute atomic E-state index is 0.0526. The molecule has 0 bridgehead atoms. The first-order valence-electron chi connectivity index (χ1n) is 12.5. The summed E-state index contributed by atoms with van der Waals surface area (Å²) in [6.45, 7) is 12.9. The molecule has 0 aromatic heterocycles. The maximum absolute atomic E-state index is 13.9. The number of likely N-dealkylation sites (tertiary alicyclic amines) is 1. The Morgan fingerprint density at radius 1 is 1.17 bits per heavy atom. The maximum atomic E-state index is 13.9. The minimum Gasteiger partial charge on any atom is -0.444 e. The number of benzene rings is 2. The highest BCUT2D eigenvalue weighted by molar-refractivity contribution is 6.32. The number of carbonyl (C=O) groups excluding carboxylic acids is 2. The molecule has 1 atom stereocenters. The first-order valence-corrected chi connectivity index (χ1v) is 12.9. The third-order valence-corrected chi connectivity index (χ3v) is 7.90. The fourth-order valence-electron chi connectivity index (χ4n) is 5.21. The largest absolute Gasteiger partial charge is 0.444 e. The van der Waals surface area contributed by atoms with E-state index in [9.17, 15) is 14.9 Å². The lowest BCUT2D eigenvalue weighted by molar-refractivity contribution is -0.123. The lowest BCUT2D eigenvalue weighted by Gasteiger charge is -2.34. The van der Waals surface area contributed by atoms with Crippen LogP contribution in [0.3, 0.4) is 0 Å². The van der Waals surface area contributed by atoms with Crippen molar-refractivity contribution < 1.29 is 14.3 Å². The first kappa shape index (κ1) is 26.0. The number of anilines is 2. The molecule has 4 rings (SSSR count). The number of halogens is 1. The molecule has 1 unspecified atom stereocenters. The van der Waals surface area contributed by atoms with Crippen molar-refractivity contribution in [2.75, 3.05) is 18.0 Å². The zero-order valence-corrected chi connectivity index (χ0v) is 22.6. The molecule has 0 aliphatic carbocycles. The van der Waals surface area contributed by atoms with Crippen LogP contribution in [-0.4, -0.2) is 35.6 Å². The van der Waals surface area contributed by atoms with E-state index in [1.807, 2.05) is 27.7 Å². The molecule has 2 amide bonds. The van der Waals surface area contributed by atoms with Crippen LogP contribution < -0.4 is 4.90 Å². The Bertz CT molecular complexity index is 1240. The van der Waals surface area contributed by atoms with Gasteiger partial charge in [-0.2, -0.15) is 5.26 Å². The van der Waals surface area contributed by atoms with Gasteiger partial charge in [0, 0.05) is 13.1 Å². The van der Waals surface area contributed by atoms with Crippen LogP contribution in [0.15, 0.2) is 36.4 Å². The summed E-state index contributed by atoms with van der Waals surface area (Å²) >= 11 is 6.35. The van der Waals surface area contributed by atoms with E-state index in [0.29, 0.717) is 29.4 Å². The van der Waals surface area contributed by atoms with E-state index in [2.05, 4.69) is 38.1 Å². The van der Waals surface area contributed by atoms with E-state index in [1.54, 1.807) is 28.0 Å². The predicted molar refractivity (Wildman–Crippen MR) is 142 cm³/mol. The molecular formula is C29H34ClN3O3. The highest BCUT2D eigenvalue weighted by Gasteiger charge is 2.50. The minimum atomic E-state index is -0.719. The molecule has 0 spiro atoms. The molecule has 1 saturated heterocycles. The summed E-state index contributed by atoms with van der Waals surface area (Å²) in [6, 6.07) is 13.7. The van der Waals surface area contributed by atoms with Gasteiger partial charge < -0.3 is 9.64 Å². The Morgan fingerprint density at radius 2 is 1.83 bits per heavy atom. The monoisotopic (exact) mass is 507 g/mol. The fourth-order valence-corrected chi connectivity index (χ4v) is 5.42. The van der Waals surface area contributed by atoms with Crippen LogP contribution in [0.2, 0.25) is 5.02 Å². The number of hydrogen-bond acceptors (Lipinski definition) is 4. The fraction of sp³-hybridized carbons (Fsp3) is 0.483. The van der Waals surface area contributed by atoms with Gasteiger partial charge in [-0.15, -0.1) is 0 Å². The summed E-state index contributed by atoms with van der Waals surface area (Å²) in [5, 5.41) is 10.1. The van der Waals surface area contributed by atoms with Crippen molar-refractivity contribution in [1.29, 1.82) is 5.26 Å². The van der Waals surface area contributed by atoms with Crippen LogP contribution >= 0.6 is 11.6 Å². The van der Waals surface area contributed by atoms with Gasteiger partial charge in [0.1, 0.15) is 11.7 Å². The quantitative estimate of drug-likeness (QED) is 0.452. The van der Waals surface area contributed by atoms with Crippen molar-refractivity contribution >= 4 is 35.0 Å². The van der Waals surface area contributed by atoms with Crippen molar-refractivity contribution in [3.05, 3.63) is 58.1 Å². The number of ether oxygens (including phenoxy) is 1. The third-order valence-electron chi connectivity index (χ3n) is 7.59. The highest BCUT2D eigenvalue weighted by atomic mass is 35.5. The summed E-state index contributed by atoms with van der Waals surface area (Å²) in [5.41, 5.74) is 2.46. The van der Waals surface area contributed by atoms with Gasteiger partial charge in [-0.05, 0) is 81.7 Å². The van der Waals surface area contributed by atoms with Gasteiger partial charge in [0.05, 0.1) is 27.4 Å². The molecular weight excluding hydrogens is 474 g/mol. The second-order valence-corrected chi connectivity index (χ2v) is 11.7. The van der Waals surface area contributed by atoms with Crippen LogP contribution in [0.25, 0.3) is 0 Å². The molecule has 190 valence electrons. The Labute approximate surface area is 218 Å². The zero-order valence-electron chi connectivity index (χ0n) is 21.9. The van der Waals surface area contributed by atoms with Crippen molar-refractivity contribution in [2.45, 2.75) is 71.3 Å². The molecule has 1 fully saturated rings. The Kier molecular flexibility index (Phi) is 6.83. The van der Waals surface area contributed by atoms with Crippen molar-refractivity contribution in [2.24, 2.45) is 5.92 Å². The normalized spacial score (nSPS) is 20.5. The van der Waals surface area contributed by atoms with Crippen molar-refractivity contribution in [3.8, 4) is 6.07 Å². The number of piperidine rings is 1. The van der Waals surface area contributed by atoms with Gasteiger partial charge in [-0.25, -0.2) is 4.79 Å². The van der Waals surface area contributed by atoms with E-state index in [-0.39, 0.29) is 23.8 Å². The van der Waals surface area contributed by atoms with Gasteiger partial charge in [0.2, 0.25) is 5.91 Å². The Balaban J connectivity index is 1.69. The Morgan fingerprint density at radius 3 is 2.42 bits per heavy atom. The predicted octanol–water partition coefficient (Wildman–Crippen LogP) is 6.92.